The van der Waals surface area contributed by atoms with Gasteiger partial charge in [0.2, 0.25) is 11.8 Å². The number of carbonyl (C=O) groups excluding carboxylic acids is 3. The number of hydrogen-bond donors (Lipinski definition) is 0. The van der Waals surface area contributed by atoms with E-state index < -0.39 is 23.9 Å². The largest absolute Gasteiger partial charge is 0.496 e. The molecule has 0 aromatic heterocycles. The van der Waals surface area contributed by atoms with Crippen molar-refractivity contribution in [2.24, 2.45) is 11.8 Å². The van der Waals surface area contributed by atoms with Crippen molar-refractivity contribution < 1.29 is 19.1 Å². The van der Waals surface area contributed by atoms with Crippen molar-refractivity contribution in [1.82, 2.24) is 4.90 Å². The Kier molecular flexibility index (Phi) is 5.45. The van der Waals surface area contributed by atoms with Crippen LogP contribution in [0.15, 0.2) is 95.6 Å². The molecule has 0 spiro atoms. The molecule has 7 rings (SSSR count). The molecule has 2 saturated heterocycles. The van der Waals surface area contributed by atoms with Gasteiger partial charge in [0.15, 0.2) is 5.78 Å². The Hall–Kier alpha value is -4.23. The average Bonchev–Trinajstić information content (AvgIpc) is 3.44. The van der Waals surface area contributed by atoms with E-state index >= 15 is 0 Å². The Morgan fingerprint density at radius 1 is 0.846 bits per heavy atom. The lowest BCUT2D eigenvalue weighted by molar-refractivity contribution is -0.123. The van der Waals surface area contributed by atoms with Gasteiger partial charge in [-0.25, -0.2) is 4.90 Å². The van der Waals surface area contributed by atoms with Crippen molar-refractivity contribution >= 4 is 56.1 Å². The molecule has 2 amide bonds. The third-order valence-electron chi connectivity index (χ3n) is 8.16. The molecule has 3 heterocycles. The zero-order chi connectivity index (χ0) is 26.8. The molecule has 192 valence electrons. The van der Waals surface area contributed by atoms with E-state index in [1.807, 2.05) is 83.9 Å². The Morgan fingerprint density at radius 3 is 2.38 bits per heavy atom. The number of imide groups is 1. The first-order valence-electron chi connectivity index (χ1n) is 12.8. The van der Waals surface area contributed by atoms with E-state index in [1.165, 1.54) is 4.90 Å². The monoisotopic (exact) mass is 578 g/mol. The summed E-state index contributed by atoms with van der Waals surface area (Å²) in [6.45, 7) is 0. The summed E-state index contributed by atoms with van der Waals surface area (Å²) in [5.74, 6) is -1.72. The van der Waals surface area contributed by atoms with Crippen LogP contribution in [-0.2, 0) is 9.59 Å². The Balaban J connectivity index is 1.36. The molecule has 4 aromatic carbocycles. The van der Waals surface area contributed by atoms with Gasteiger partial charge in [0.1, 0.15) is 11.8 Å². The fourth-order valence-electron chi connectivity index (χ4n) is 6.42. The number of carbonyl (C=O) groups is 3. The Bertz CT molecular complexity index is 1730. The van der Waals surface area contributed by atoms with Crippen LogP contribution in [-0.4, -0.2) is 35.6 Å². The Morgan fingerprint density at radius 2 is 1.59 bits per heavy atom. The molecule has 0 N–H and O–H groups in total. The second kappa shape index (κ2) is 8.92. The first kappa shape index (κ1) is 23.9. The standard InChI is InChI=1S/C32H23BrN2O4/c1-39-25-13-11-21(17-24(25)33)30(36)29-27-26(28-23-9-5-4-7-19(23)14-15-34(28)29)31(37)35(32(27)38)22-12-10-18-6-2-3-8-20(18)16-22/h2-17,26-29H,1H3/t26-,27+,28-,29-/m0/s1. The maximum absolute atomic E-state index is 14.2. The SMILES string of the molecule is COc1ccc(C(=O)[C@@H]2[C@@H]3C(=O)N(c4ccc5ccccc5c4)C(=O)[C@@H]3[C@@H]3c4ccccc4C=CN23)cc1Br. The third kappa shape index (κ3) is 3.49. The highest BCUT2D eigenvalue weighted by molar-refractivity contribution is 9.10. The van der Waals surface area contributed by atoms with E-state index in [9.17, 15) is 14.4 Å². The number of fused-ring (bicyclic) bond motifs is 6. The van der Waals surface area contributed by atoms with E-state index in [0.29, 0.717) is 21.5 Å². The van der Waals surface area contributed by atoms with Crippen LogP contribution in [0.5, 0.6) is 5.75 Å². The minimum Gasteiger partial charge on any atom is -0.496 e. The molecule has 0 saturated carbocycles. The molecule has 2 fully saturated rings. The number of rotatable bonds is 4. The number of ether oxygens (including phenoxy) is 1. The average molecular weight is 579 g/mol. The van der Waals surface area contributed by atoms with Gasteiger partial charge in [-0.05, 0) is 74.2 Å². The summed E-state index contributed by atoms with van der Waals surface area (Å²) < 4.78 is 5.99. The Labute approximate surface area is 233 Å². The van der Waals surface area contributed by atoms with Gasteiger partial charge >= 0.3 is 0 Å². The van der Waals surface area contributed by atoms with Gasteiger partial charge in [0, 0.05) is 11.8 Å². The molecular weight excluding hydrogens is 556 g/mol. The normalized spacial score (nSPS) is 23.1. The fraction of sp³-hybridized carbons (Fsp3) is 0.156. The highest BCUT2D eigenvalue weighted by atomic mass is 79.9. The number of ketones is 1. The van der Waals surface area contributed by atoms with Crippen LogP contribution >= 0.6 is 15.9 Å². The summed E-state index contributed by atoms with van der Waals surface area (Å²) in [4.78, 5) is 45.7. The first-order valence-corrected chi connectivity index (χ1v) is 13.6. The van der Waals surface area contributed by atoms with Crippen LogP contribution in [0.4, 0.5) is 5.69 Å². The number of methoxy groups -OCH3 is 1. The molecule has 7 heteroatoms. The fourth-order valence-corrected chi connectivity index (χ4v) is 6.96. The molecule has 0 bridgehead atoms. The van der Waals surface area contributed by atoms with E-state index in [0.717, 1.165) is 21.9 Å². The zero-order valence-electron chi connectivity index (χ0n) is 21.0. The highest BCUT2D eigenvalue weighted by Crippen LogP contribution is 2.54. The highest BCUT2D eigenvalue weighted by Gasteiger charge is 2.64. The number of Topliss-reactive ketones (excluding diaryl/α,β-unsaturated/α-hetero) is 1. The van der Waals surface area contributed by atoms with Crippen LogP contribution in [0.3, 0.4) is 0 Å². The minimum atomic E-state index is -0.827. The first-order chi connectivity index (χ1) is 19.0. The van der Waals surface area contributed by atoms with Crippen molar-refractivity contribution in [3.8, 4) is 5.75 Å². The lowest BCUT2D eigenvalue weighted by Gasteiger charge is -2.35. The third-order valence-corrected chi connectivity index (χ3v) is 8.78. The second-order valence-corrected chi connectivity index (χ2v) is 10.9. The molecular formula is C32H23BrN2O4. The van der Waals surface area contributed by atoms with E-state index in [4.69, 9.17) is 4.74 Å². The molecule has 39 heavy (non-hydrogen) atoms. The summed E-state index contributed by atoms with van der Waals surface area (Å²) >= 11 is 3.48. The minimum absolute atomic E-state index is 0.207. The number of amides is 2. The van der Waals surface area contributed by atoms with Gasteiger partial charge in [-0.3, -0.25) is 14.4 Å². The van der Waals surface area contributed by atoms with Crippen LogP contribution in [0.2, 0.25) is 0 Å². The molecule has 0 radical (unpaired) electrons. The summed E-state index contributed by atoms with van der Waals surface area (Å²) in [6.07, 6.45) is 3.82. The zero-order valence-corrected chi connectivity index (χ0v) is 22.5. The van der Waals surface area contributed by atoms with Gasteiger partial charge in [0.25, 0.3) is 0 Å². The van der Waals surface area contributed by atoms with E-state index in [-0.39, 0.29) is 17.6 Å². The summed E-state index contributed by atoms with van der Waals surface area (Å²) in [5, 5.41) is 1.96. The van der Waals surface area contributed by atoms with Gasteiger partial charge in [0.05, 0.1) is 35.1 Å². The molecule has 4 atom stereocenters. The summed E-state index contributed by atoms with van der Waals surface area (Å²) in [7, 11) is 1.56. The topological polar surface area (TPSA) is 66.9 Å². The number of hydrogen-bond acceptors (Lipinski definition) is 5. The summed E-state index contributed by atoms with van der Waals surface area (Å²) in [5.41, 5.74) is 2.91. The van der Waals surface area contributed by atoms with Crippen LogP contribution in [0.1, 0.15) is 27.5 Å². The van der Waals surface area contributed by atoms with Gasteiger partial charge in [-0.1, -0.05) is 54.6 Å². The van der Waals surface area contributed by atoms with E-state index in [1.54, 1.807) is 25.3 Å². The van der Waals surface area contributed by atoms with Crippen molar-refractivity contribution in [1.29, 1.82) is 0 Å². The van der Waals surface area contributed by atoms with Gasteiger partial charge < -0.3 is 9.64 Å². The maximum Gasteiger partial charge on any atom is 0.240 e. The molecule has 6 nitrogen and oxygen atoms in total. The van der Waals surface area contributed by atoms with Crippen molar-refractivity contribution in [2.45, 2.75) is 12.1 Å². The quantitative estimate of drug-likeness (QED) is 0.219. The number of anilines is 1. The van der Waals surface area contributed by atoms with Crippen LogP contribution in [0.25, 0.3) is 16.8 Å². The molecule has 3 aliphatic rings. The number of benzene rings is 4. The molecule has 4 aromatic rings. The summed E-state index contributed by atoms with van der Waals surface area (Å²) in [6, 6.07) is 25.2. The number of halogens is 1. The molecule has 0 aliphatic carbocycles. The predicted octanol–water partition coefficient (Wildman–Crippen LogP) is 6.01. The van der Waals surface area contributed by atoms with Gasteiger partial charge in [-0.15, -0.1) is 0 Å². The number of nitrogens with zero attached hydrogens (tertiary/aromatic N) is 2. The maximum atomic E-state index is 14.2. The van der Waals surface area contributed by atoms with Crippen molar-refractivity contribution in [2.75, 3.05) is 12.0 Å². The molecule has 0 unspecified atom stereocenters. The van der Waals surface area contributed by atoms with Crippen LogP contribution in [0, 0.1) is 11.8 Å². The van der Waals surface area contributed by atoms with E-state index in [2.05, 4.69) is 15.9 Å². The smallest absolute Gasteiger partial charge is 0.240 e. The van der Waals surface area contributed by atoms with Gasteiger partial charge in [-0.2, -0.15) is 0 Å². The van der Waals surface area contributed by atoms with Crippen molar-refractivity contribution in [3.05, 3.63) is 112 Å². The predicted molar refractivity (Wildman–Crippen MR) is 152 cm³/mol. The lowest BCUT2D eigenvalue weighted by Crippen LogP contribution is -2.44. The van der Waals surface area contributed by atoms with Crippen LogP contribution < -0.4 is 9.64 Å². The lowest BCUT2D eigenvalue weighted by atomic mass is 9.83. The molecule has 3 aliphatic heterocycles. The van der Waals surface area contributed by atoms with Crippen molar-refractivity contribution in [3.63, 3.8) is 0 Å². The second-order valence-electron chi connectivity index (χ2n) is 10.1.